The van der Waals surface area contributed by atoms with E-state index in [0.29, 0.717) is 46.6 Å². The van der Waals surface area contributed by atoms with Crippen LogP contribution in [0.2, 0.25) is 0 Å². The Kier molecular flexibility index (Phi) is 8.07. The first-order valence-corrected chi connectivity index (χ1v) is 14.5. The maximum Gasteiger partial charge on any atom is 0.176 e. The standard InChI is InChI=1S/C31H34FNO5S/c1-19-14-15-33(16-19)20(2)17-37-24-10-8-22(9-11-24)31-28(25-7-5-4-6-23(25)18-39(35)36)21(3)29-27(38-31)13-12-26(34)30(29)32/h4-13,19-20,31,34H,14-18H2,1-3H3,(H,35,36)/p-1/t19-,20+,31?/m1/s1. The van der Waals surface area contributed by atoms with Gasteiger partial charge in [-0.1, -0.05) is 54.4 Å². The summed E-state index contributed by atoms with van der Waals surface area (Å²) in [6.07, 6.45) is 0.595. The molecule has 5 rings (SSSR count). The van der Waals surface area contributed by atoms with Gasteiger partial charge >= 0.3 is 0 Å². The number of halogens is 1. The minimum atomic E-state index is -2.31. The number of aromatic hydroxyl groups is 1. The zero-order valence-corrected chi connectivity index (χ0v) is 23.2. The summed E-state index contributed by atoms with van der Waals surface area (Å²) in [5.74, 6) is 0.355. The summed E-state index contributed by atoms with van der Waals surface area (Å²) in [7, 11) is 0. The van der Waals surface area contributed by atoms with Crippen LogP contribution < -0.4 is 9.47 Å². The number of nitrogens with zero attached hydrogens (tertiary/aromatic N) is 1. The van der Waals surface area contributed by atoms with Crippen LogP contribution in [-0.4, -0.2) is 44.5 Å². The van der Waals surface area contributed by atoms with Crippen molar-refractivity contribution in [2.24, 2.45) is 5.92 Å². The van der Waals surface area contributed by atoms with Gasteiger partial charge in [0, 0.05) is 23.9 Å². The lowest BCUT2D eigenvalue weighted by atomic mass is 9.84. The molecule has 0 bridgehead atoms. The fourth-order valence-corrected chi connectivity index (χ4v) is 6.06. The Hall–Kier alpha value is -3.20. The van der Waals surface area contributed by atoms with Gasteiger partial charge < -0.3 is 19.1 Å². The van der Waals surface area contributed by atoms with Gasteiger partial charge in [0.2, 0.25) is 0 Å². The topological polar surface area (TPSA) is 82.1 Å². The molecule has 0 radical (unpaired) electrons. The van der Waals surface area contributed by atoms with Gasteiger partial charge in [0.25, 0.3) is 0 Å². The van der Waals surface area contributed by atoms with Gasteiger partial charge in [-0.3, -0.25) is 9.11 Å². The molecule has 2 heterocycles. The van der Waals surface area contributed by atoms with Crippen LogP contribution in [0.3, 0.4) is 0 Å². The Morgan fingerprint density at radius 3 is 2.62 bits per heavy atom. The highest BCUT2D eigenvalue weighted by atomic mass is 32.2. The van der Waals surface area contributed by atoms with Crippen LogP contribution in [0.15, 0.2) is 60.7 Å². The molecule has 2 aliphatic heterocycles. The van der Waals surface area contributed by atoms with Crippen LogP contribution in [0.5, 0.6) is 17.2 Å². The number of hydrogen-bond acceptors (Lipinski definition) is 6. The zero-order valence-electron chi connectivity index (χ0n) is 22.4. The van der Waals surface area contributed by atoms with Crippen LogP contribution in [0.25, 0.3) is 11.1 Å². The van der Waals surface area contributed by atoms with Crippen molar-refractivity contribution in [2.45, 2.75) is 45.1 Å². The molecule has 0 amide bonds. The maximum atomic E-state index is 15.1. The summed E-state index contributed by atoms with van der Waals surface area (Å²) in [6, 6.07) is 17.9. The number of phenolic OH excluding ortho intramolecular Hbond substituents is 1. The molecule has 8 heteroatoms. The maximum absolute atomic E-state index is 15.1. The Morgan fingerprint density at radius 1 is 1.18 bits per heavy atom. The monoisotopic (exact) mass is 550 g/mol. The van der Waals surface area contributed by atoms with Crippen molar-refractivity contribution in [1.82, 2.24) is 4.90 Å². The highest BCUT2D eigenvalue weighted by Crippen LogP contribution is 2.49. The summed E-state index contributed by atoms with van der Waals surface area (Å²) >= 11 is -2.31. The van der Waals surface area contributed by atoms with Gasteiger partial charge in [0.15, 0.2) is 11.6 Å². The molecular weight excluding hydrogens is 517 g/mol. The summed E-state index contributed by atoms with van der Waals surface area (Å²) < 4.78 is 50.8. The second kappa shape index (κ2) is 11.5. The molecule has 39 heavy (non-hydrogen) atoms. The number of allylic oxidation sites excluding steroid dienone is 1. The van der Waals surface area contributed by atoms with E-state index in [9.17, 15) is 13.9 Å². The predicted molar refractivity (Wildman–Crippen MR) is 150 cm³/mol. The van der Waals surface area contributed by atoms with E-state index in [1.165, 1.54) is 12.5 Å². The van der Waals surface area contributed by atoms with E-state index in [1.54, 1.807) is 25.1 Å². The van der Waals surface area contributed by atoms with Crippen molar-refractivity contribution in [3.8, 4) is 17.2 Å². The summed E-state index contributed by atoms with van der Waals surface area (Å²) in [4.78, 5) is 2.45. The number of likely N-dealkylation sites (tertiary alicyclic amines) is 1. The molecule has 0 aliphatic carbocycles. The highest BCUT2D eigenvalue weighted by molar-refractivity contribution is 7.78. The fourth-order valence-electron chi connectivity index (χ4n) is 5.56. The van der Waals surface area contributed by atoms with E-state index in [-0.39, 0.29) is 11.3 Å². The number of benzene rings is 3. The van der Waals surface area contributed by atoms with E-state index in [0.717, 1.165) is 24.4 Å². The summed E-state index contributed by atoms with van der Waals surface area (Å²) in [5, 5.41) is 10.1. The van der Waals surface area contributed by atoms with Crippen LogP contribution in [0, 0.1) is 11.7 Å². The molecule has 2 unspecified atom stereocenters. The van der Waals surface area contributed by atoms with E-state index < -0.39 is 28.8 Å². The van der Waals surface area contributed by atoms with Crippen molar-refractivity contribution in [3.63, 3.8) is 0 Å². The van der Waals surface area contributed by atoms with Gasteiger partial charge in [0.1, 0.15) is 24.2 Å². The molecule has 3 aromatic carbocycles. The lowest BCUT2D eigenvalue weighted by Crippen LogP contribution is -2.35. The quantitative estimate of drug-likeness (QED) is 0.342. The second-order valence-corrected chi connectivity index (χ2v) is 11.4. The largest absolute Gasteiger partial charge is 0.772 e. The Balaban J connectivity index is 1.48. The molecule has 0 spiro atoms. The van der Waals surface area contributed by atoms with E-state index in [1.807, 2.05) is 36.4 Å². The molecule has 206 valence electrons. The first-order chi connectivity index (χ1) is 18.7. The van der Waals surface area contributed by atoms with Gasteiger partial charge in [-0.05, 0) is 79.3 Å². The van der Waals surface area contributed by atoms with Crippen LogP contribution in [0.1, 0.15) is 55.5 Å². The lowest BCUT2D eigenvalue weighted by molar-refractivity contribution is 0.169. The van der Waals surface area contributed by atoms with E-state index in [4.69, 9.17) is 9.47 Å². The average molecular weight is 551 g/mol. The third-order valence-electron chi connectivity index (χ3n) is 7.70. The number of rotatable bonds is 8. The van der Waals surface area contributed by atoms with Gasteiger partial charge in [-0.25, -0.2) is 4.39 Å². The molecule has 0 aromatic heterocycles. The van der Waals surface area contributed by atoms with Crippen LogP contribution in [0.4, 0.5) is 4.39 Å². The average Bonchev–Trinajstić information content (AvgIpc) is 3.36. The molecule has 4 atom stereocenters. The second-order valence-electron chi connectivity index (χ2n) is 10.5. The van der Waals surface area contributed by atoms with Crippen LogP contribution >= 0.6 is 0 Å². The first kappa shape index (κ1) is 27.4. The Bertz CT molecular complexity index is 1410. The van der Waals surface area contributed by atoms with Crippen molar-refractivity contribution in [2.75, 3.05) is 19.7 Å². The Morgan fingerprint density at radius 2 is 1.92 bits per heavy atom. The molecule has 6 nitrogen and oxygen atoms in total. The van der Waals surface area contributed by atoms with Crippen molar-refractivity contribution in [1.29, 1.82) is 0 Å². The van der Waals surface area contributed by atoms with Crippen molar-refractivity contribution in [3.05, 3.63) is 88.7 Å². The van der Waals surface area contributed by atoms with E-state index >= 15 is 4.39 Å². The molecule has 3 aromatic rings. The number of fused-ring (bicyclic) bond motifs is 1. The fraction of sp³-hybridized carbons (Fsp3) is 0.355. The summed E-state index contributed by atoms with van der Waals surface area (Å²) in [5.41, 5.74) is 3.46. The van der Waals surface area contributed by atoms with Crippen LogP contribution in [-0.2, 0) is 16.8 Å². The molecule has 1 fully saturated rings. The summed E-state index contributed by atoms with van der Waals surface area (Å²) in [6.45, 7) is 9.01. The Labute approximate surface area is 231 Å². The smallest absolute Gasteiger partial charge is 0.176 e. The molecule has 2 aliphatic rings. The number of ether oxygens (including phenoxy) is 2. The van der Waals surface area contributed by atoms with Crippen molar-refractivity contribution < 1.29 is 27.7 Å². The number of phenols is 1. The van der Waals surface area contributed by atoms with Gasteiger partial charge in [0.05, 0.1) is 5.56 Å². The SMILES string of the molecule is CC1=C(c2ccccc2CS(=O)[O-])C(c2ccc(OC[C@H](C)N3CC[C@@H](C)C3)cc2)Oc2ccc(O)c(F)c21. The molecule has 0 saturated carbocycles. The zero-order chi connectivity index (χ0) is 27.7. The minimum absolute atomic E-state index is 0.171. The third kappa shape index (κ3) is 5.73. The van der Waals surface area contributed by atoms with Gasteiger partial charge in [-0.2, -0.15) is 0 Å². The molecular formula is C31H33FNO5S-. The highest BCUT2D eigenvalue weighted by Gasteiger charge is 2.33. The van der Waals surface area contributed by atoms with E-state index in [2.05, 4.69) is 18.7 Å². The molecule has 1 N–H and O–H groups in total. The van der Waals surface area contributed by atoms with Crippen molar-refractivity contribution >= 4 is 22.2 Å². The van der Waals surface area contributed by atoms with Gasteiger partial charge in [-0.15, -0.1) is 0 Å². The first-order valence-electron chi connectivity index (χ1n) is 13.2. The number of hydrogen-bond donors (Lipinski definition) is 1. The minimum Gasteiger partial charge on any atom is -0.772 e. The normalized spacial score (nSPS) is 20.8. The molecule has 1 saturated heterocycles. The lowest BCUT2D eigenvalue weighted by Gasteiger charge is -2.32. The third-order valence-corrected chi connectivity index (χ3v) is 8.25. The predicted octanol–water partition coefficient (Wildman–Crippen LogP) is 6.08.